The normalized spacial score (nSPS) is 12.4. The Morgan fingerprint density at radius 1 is 0.304 bits per heavy atom. The molecule has 69 heavy (non-hydrogen) atoms. The zero-order valence-corrected chi connectivity index (χ0v) is 45.8. The molecule has 400 valence electrons. The first-order chi connectivity index (χ1) is 34.0. The van der Waals surface area contributed by atoms with Gasteiger partial charge in [0.15, 0.2) is 6.10 Å². The standard InChI is InChI=1S/C63H112O6/c1-4-7-10-13-16-19-22-25-28-30-31-33-35-38-41-44-47-50-53-56-62(65)68-59-60(58-67-61(64)55-52-49-46-43-40-37-34-27-24-21-18-15-12-9-6-3)69-63(66)57-54-51-48-45-42-39-36-32-29-26-23-20-17-14-11-8-5-2/h8,11,17,20-21,24,26,29,36,39,60H,4-7,9-10,12-16,18-19,22-23,25,27-28,30-35,37-38,40-59H2,1-3H3/b11-8-,20-17-,24-21-,29-26-,39-36-/t60-/m1/s1. The van der Waals surface area contributed by atoms with Gasteiger partial charge < -0.3 is 14.2 Å². The Kier molecular flexibility index (Phi) is 55.3. The van der Waals surface area contributed by atoms with Crippen molar-refractivity contribution in [1.29, 1.82) is 0 Å². The lowest BCUT2D eigenvalue weighted by molar-refractivity contribution is -0.167. The summed E-state index contributed by atoms with van der Waals surface area (Å²) < 4.78 is 16.9. The van der Waals surface area contributed by atoms with Crippen LogP contribution in [0.4, 0.5) is 0 Å². The molecule has 0 unspecified atom stereocenters. The lowest BCUT2D eigenvalue weighted by atomic mass is 10.0. The Labute approximate surface area is 428 Å². The summed E-state index contributed by atoms with van der Waals surface area (Å²) in [6.45, 7) is 6.53. The average molecular weight is 966 g/mol. The molecular formula is C63H112O6. The molecule has 0 bridgehead atoms. The van der Waals surface area contributed by atoms with Gasteiger partial charge in [-0.2, -0.15) is 0 Å². The van der Waals surface area contributed by atoms with Gasteiger partial charge in [0.2, 0.25) is 0 Å². The summed E-state index contributed by atoms with van der Waals surface area (Å²) in [7, 11) is 0. The number of rotatable bonds is 54. The Bertz CT molecular complexity index is 1250. The van der Waals surface area contributed by atoms with E-state index in [4.69, 9.17) is 14.2 Å². The van der Waals surface area contributed by atoms with Crippen LogP contribution >= 0.6 is 0 Å². The average Bonchev–Trinajstić information content (AvgIpc) is 3.35. The Morgan fingerprint density at radius 2 is 0.565 bits per heavy atom. The zero-order valence-electron chi connectivity index (χ0n) is 45.8. The number of carbonyl (C=O) groups excluding carboxylic acids is 3. The molecule has 0 spiro atoms. The van der Waals surface area contributed by atoms with Crippen LogP contribution in [0.15, 0.2) is 60.8 Å². The maximum absolute atomic E-state index is 12.9. The molecule has 0 aromatic rings. The van der Waals surface area contributed by atoms with Crippen molar-refractivity contribution in [2.24, 2.45) is 0 Å². The first kappa shape index (κ1) is 66.1. The Balaban J connectivity index is 4.38. The fourth-order valence-electron chi connectivity index (χ4n) is 8.55. The van der Waals surface area contributed by atoms with Gasteiger partial charge >= 0.3 is 17.9 Å². The van der Waals surface area contributed by atoms with Crippen LogP contribution in [0.3, 0.4) is 0 Å². The molecule has 0 N–H and O–H groups in total. The van der Waals surface area contributed by atoms with Crippen LogP contribution in [0.25, 0.3) is 0 Å². The molecule has 0 aliphatic carbocycles. The smallest absolute Gasteiger partial charge is 0.306 e. The van der Waals surface area contributed by atoms with E-state index in [0.29, 0.717) is 19.3 Å². The van der Waals surface area contributed by atoms with E-state index in [1.165, 1.54) is 167 Å². The fraction of sp³-hybridized carbons (Fsp3) is 0.794. The SMILES string of the molecule is CC/C=C\C/C=C\C/C=C\C/C=C\CCCCCCC(=O)O[C@H](COC(=O)CCCCCCCCC/C=C\CCCCCC)COC(=O)CCCCCCCCCCCCCCCCCCCCC. The molecule has 0 amide bonds. The molecule has 0 saturated carbocycles. The van der Waals surface area contributed by atoms with Crippen LogP contribution in [0, 0.1) is 0 Å². The predicted octanol–water partition coefficient (Wildman–Crippen LogP) is 20.0. The largest absolute Gasteiger partial charge is 0.462 e. The van der Waals surface area contributed by atoms with Crippen LogP contribution in [-0.4, -0.2) is 37.2 Å². The molecule has 0 aromatic carbocycles. The van der Waals surface area contributed by atoms with Gasteiger partial charge in [-0.05, 0) is 83.5 Å². The number of esters is 3. The van der Waals surface area contributed by atoms with Crippen LogP contribution < -0.4 is 0 Å². The van der Waals surface area contributed by atoms with Gasteiger partial charge in [-0.3, -0.25) is 14.4 Å². The topological polar surface area (TPSA) is 78.9 Å². The van der Waals surface area contributed by atoms with Crippen molar-refractivity contribution < 1.29 is 28.6 Å². The van der Waals surface area contributed by atoms with Gasteiger partial charge in [-0.25, -0.2) is 0 Å². The molecule has 0 fully saturated rings. The van der Waals surface area contributed by atoms with E-state index in [0.717, 1.165) is 96.3 Å². The summed E-state index contributed by atoms with van der Waals surface area (Å²) in [6, 6.07) is 0. The van der Waals surface area contributed by atoms with E-state index in [1.807, 2.05) is 0 Å². The molecule has 0 saturated heterocycles. The van der Waals surface area contributed by atoms with Gasteiger partial charge in [-0.15, -0.1) is 0 Å². The number of unbranched alkanes of at least 4 members (excludes halogenated alkanes) is 33. The van der Waals surface area contributed by atoms with Crippen LogP contribution in [0.1, 0.15) is 303 Å². The van der Waals surface area contributed by atoms with Crippen molar-refractivity contribution in [1.82, 2.24) is 0 Å². The second-order valence-electron chi connectivity index (χ2n) is 19.9. The number of ether oxygens (including phenoxy) is 3. The first-order valence-corrected chi connectivity index (χ1v) is 29.8. The van der Waals surface area contributed by atoms with Gasteiger partial charge in [0.05, 0.1) is 0 Å². The van der Waals surface area contributed by atoms with Crippen LogP contribution in [0.2, 0.25) is 0 Å². The summed E-state index contributed by atoms with van der Waals surface area (Å²) in [5.74, 6) is -0.897. The van der Waals surface area contributed by atoms with Crippen LogP contribution in [0.5, 0.6) is 0 Å². The summed E-state index contributed by atoms with van der Waals surface area (Å²) in [5, 5.41) is 0. The molecule has 0 aliphatic rings. The van der Waals surface area contributed by atoms with Crippen molar-refractivity contribution >= 4 is 17.9 Å². The lowest BCUT2D eigenvalue weighted by Crippen LogP contribution is -2.30. The predicted molar refractivity (Wildman–Crippen MR) is 298 cm³/mol. The van der Waals surface area contributed by atoms with E-state index in [2.05, 4.69) is 81.5 Å². The Morgan fingerprint density at radius 3 is 0.913 bits per heavy atom. The maximum atomic E-state index is 12.9. The van der Waals surface area contributed by atoms with E-state index >= 15 is 0 Å². The molecule has 0 rings (SSSR count). The molecule has 0 heterocycles. The summed E-state index contributed by atoms with van der Waals surface area (Å²) in [4.78, 5) is 38.2. The first-order valence-electron chi connectivity index (χ1n) is 29.8. The van der Waals surface area contributed by atoms with Crippen LogP contribution in [-0.2, 0) is 28.6 Å². The highest BCUT2D eigenvalue weighted by atomic mass is 16.6. The second-order valence-corrected chi connectivity index (χ2v) is 19.9. The highest BCUT2D eigenvalue weighted by molar-refractivity contribution is 5.71. The van der Waals surface area contributed by atoms with Gasteiger partial charge in [-0.1, -0.05) is 261 Å². The molecule has 6 heteroatoms. The maximum Gasteiger partial charge on any atom is 0.306 e. The second kappa shape index (κ2) is 57.7. The third kappa shape index (κ3) is 55.9. The van der Waals surface area contributed by atoms with Crippen molar-refractivity contribution in [3.05, 3.63) is 60.8 Å². The minimum Gasteiger partial charge on any atom is -0.462 e. The van der Waals surface area contributed by atoms with E-state index in [-0.39, 0.29) is 31.1 Å². The van der Waals surface area contributed by atoms with E-state index in [9.17, 15) is 14.4 Å². The molecule has 0 aromatic heterocycles. The number of allylic oxidation sites excluding steroid dienone is 10. The Hall–Kier alpha value is -2.89. The third-order valence-electron chi connectivity index (χ3n) is 13.0. The zero-order chi connectivity index (χ0) is 50.0. The van der Waals surface area contributed by atoms with Crippen molar-refractivity contribution in [3.8, 4) is 0 Å². The van der Waals surface area contributed by atoms with E-state index < -0.39 is 6.10 Å². The van der Waals surface area contributed by atoms with Crippen molar-refractivity contribution in [2.45, 2.75) is 309 Å². The monoisotopic (exact) mass is 965 g/mol. The summed E-state index contributed by atoms with van der Waals surface area (Å²) in [6.07, 6.45) is 72.1. The number of hydrogen-bond donors (Lipinski definition) is 0. The van der Waals surface area contributed by atoms with Crippen molar-refractivity contribution in [3.63, 3.8) is 0 Å². The summed E-state index contributed by atoms with van der Waals surface area (Å²) in [5.41, 5.74) is 0. The van der Waals surface area contributed by atoms with E-state index in [1.54, 1.807) is 0 Å². The molecule has 0 aliphatic heterocycles. The minimum absolute atomic E-state index is 0.0827. The number of carbonyl (C=O) groups is 3. The lowest BCUT2D eigenvalue weighted by Gasteiger charge is -2.18. The van der Waals surface area contributed by atoms with Gasteiger partial charge in [0.25, 0.3) is 0 Å². The molecule has 6 nitrogen and oxygen atoms in total. The molecular weight excluding hydrogens is 853 g/mol. The highest BCUT2D eigenvalue weighted by Crippen LogP contribution is 2.16. The number of hydrogen-bond acceptors (Lipinski definition) is 6. The quantitative estimate of drug-likeness (QED) is 0.0262. The van der Waals surface area contributed by atoms with Gasteiger partial charge in [0.1, 0.15) is 13.2 Å². The van der Waals surface area contributed by atoms with Crippen molar-refractivity contribution in [2.75, 3.05) is 13.2 Å². The van der Waals surface area contributed by atoms with Gasteiger partial charge in [0, 0.05) is 19.3 Å². The summed E-state index contributed by atoms with van der Waals surface area (Å²) >= 11 is 0. The minimum atomic E-state index is -0.787. The fourth-order valence-corrected chi connectivity index (χ4v) is 8.55. The molecule has 0 radical (unpaired) electrons. The molecule has 1 atom stereocenters. The third-order valence-corrected chi connectivity index (χ3v) is 13.0. The highest BCUT2D eigenvalue weighted by Gasteiger charge is 2.19.